The molecule has 2 unspecified atom stereocenters. The van der Waals surface area contributed by atoms with E-state index in [0.29, 0.717) is 63.0 Å². The normalized spacial score (nSPS) is 18.9. The highest BCUT2D eigenvalue weighted by molar-refractivity contribution is 5.69. The number of hydrogen-bond acceptors (Lipinski definition) is 8. The maximum Gasteiger partial charge on any atom is 0.407 e. The fraction of sp³-hybridized carbons (Fsp3) is 0.871. The first-order valence-corrected chi connectivity index (χ1v) is 15.0. The number of esters is 1. The molecule has 0 aromatic carbocycles. The Labute approximate surface area is 241 Å². The van der Waals surface area contributed by atoms with Crippen molar-refractivity contribution in [3.8, 4) is 6.26 Å². The van der Waals surface area contributed by atoms with Gasteiger partial charge in [0.1, 0.15) is 6.61 Å². The van der Waals surface area contributed by atoms with Crippen LogP contribution in [0.4, 0.5) is 4.79 Å². The van der Waals surface area contributed by atoms with Crippen LogP contribution in [-0.4, -0.2) is 51.1 Å². The van der Waals surface area contributed by atoms with Crippen LogP contribution < -0.4 is 5.32 Å². The lowest BCUT2D eigenvalue weighted by atomic mass is 9.82. The van der Waals surface area contributed by atoms with Gasteiger partial charge in [0.25, 0.3) is 6.26 Å². The summed E-state index contributed by atoms with van der Waals surface area (Å²) < 4.78 is 15.9. The first kappa shape index (κ1) is 35.4. The molecule has 1 fully saturated rings. The second-order valence-electron chi connectivity index (χ2n) is 13.5. The second-order valence-corrected chi connectivity index (χ2v) is 13.5. The van der Waals surface area contributed by atoms with Gasteiger partial charge in [0.2, 0.25) is 6.08 Å². The average Bonchev–Trinajstić information content (AvgIpc) is 2.88. The van der Waals surface area contributed by atoms with E-state index in [1.165, 1.54) is 0 Å². The van der Waals surface area contributed by atoms with Gasteiger partial charge in [-0.2, -0.15) is 5.26 Å². The maximum absolute atomic E-state index is 12.2. The first-order chi connectivity index (χ1) is 18.9. The molecule has 228 valence electrons. The van der Waals surface area contributed by atoms with Crippen molar-refractivity contribution >= 4 is 18.1 Å². The minimum absolute atomic E-state index is 0.0603. The van der Waals surface area contributed by atoms with Crippen molar-refractivity contribution in [2.24, 2.45) is 39.5 Å². The lowest BCUT2D eigenvalue weighted by molar-refractivity contribution is -0.145. The van der Waals surface area contributed by atoms with Gasteiger partial charge in [0.05, 0.1) is 19.8 Å². The minimum Gasteiger partial charge on any atom is -0.465 e. The number of hydrogen-bond donors (Lipinski definition) is 1. The molecule has 0 aliphatic heterocycles. The summed E-state index contributed by atoms with van der Waals surface area (Å²) in [4.78, 5) is 38.4. The van der Waals surface area contributed by atoms with Crippen LogP contribution in [0.3, 0.4) is 0 Å². The topological polar surface area (TPSA) is 127 Å². The van der Waals surface area contributed by atoms with Gasteiger partial charge in [0.15, 0.2) is 0 Å². The molecule has 9 heteroatoms. The maximum atomic E-state index is 12.2. The Kier molecular flexibility index (Phi) is 16.6. The number of aliphatic imine (C=N–C) groups is 1. The highest BCUT2D eigenvalue weighted by Crippen LogP contribution is 2.30. The van der Waals surface area contributed by atoms with Gasteiger partial charge in [-0.3, -0.25) is 4.79 Å². The van der Waals surface area contributed by atoms with E-state index in [1.807, 2.05) is 0 Å². The van der Waals surface area contributed by atoms with Crippen LogP contribution in [-0.2, 0) is 23.8 Å². The summed E-state index contributed by atoms with van der Waals surface area (Å²) in [6.45, 7) is 15.0. The number of nitrogens with one attached hydrogen (secondary N) is 1. The Morgan fingerprint density at radius 2 is 1.52 bits per heavy atom. The van der Waals surface area contributed by atoms with Crippen molar-refractivity contribution < 1.29 is 28.6 Å². The van der Waals surface area contributed by atoms with Crippen LogP contribution in [0.15, 0.2) is 4.99 Å². The SMILES string of the molecule is CC(CCNC(=O)OCC1CCC(COC(=O)CCCC(C)CC(C)(C)COC#N)CC1)CC(C)(C)CN=C=O. The van der Waals surface area contributed by atoms with E-state index >= 15 is 0 Å². The number of carbonyl (C=O) groups excluding carboxylic acids is 3. The molecule has 1 N–H and O–H groups in total. The zero-order valence-electron chi connectivity index (χ0n) is 25.8. The monoisotopic (exact) mass is 563 g/mol. The standard InChI is InChI=1S/C31H53N3O6/c1-24(17-31(5,6)21-38-22-32)8-7-9-28(36)39-18-26-10-12-27(13-11-26)19-40-29(37)34-15-14-25(2)16-30(3,4)20-33-23-35/h24-27H,7-21H2,1-6H3,(H,34,37). The molecule has 1 amide bonds. The molecule has 1 aliphatic rings. The van der Waals surface area contributed by atoms with E-state index in [9.17, 15) is 14.4 Å². The molecule has 0 aromatic rings. The summed E-state index contributed by atoms with van der Waals surface area (Å²) in [6.07, 6.45) is 11.7. The van der Waals surface area contributed by atoms with E-state index < -0.39 is 0 Å². The highest BCUT2D eigenvalue weighted by atomic mass is 16.5. The zero-order valence-corrected chi connectivity index (χ0v) is 25.8. The van der Waals surface area contributed by atoms with Crippen LogP contribution in [0.1, 0.15) is 106 Å². The fourth-order valence-corrected chi connectivity index (χ4v) is 5.80. The van der Waals surface area contributed by atoms with Gasteiger partial charge in [-0.15, -0.1) is 0 Å². The number of nitrogens with zero attached hydrogens (tertiary/aromatic N) is 2. The van der Waals surface area contributed by atoms with Crippen molar-refractivity contribution in [2.45, 2.75) is 106 Å². The fourth-order valence-electron chi connectivity index (χ4n) is 5.80. The van der Waals surface area contributed by atoms with Gasteiger partial charge in [-0.05, 0) is 80.5 Å². The van der Waals surface area contributed by atoms with E-state index in [0.717, 1.165) is 57.8 Å². The Morgan fingerprint density at radius 1 is 0.950 bits per heavy atom. The number of alkyl carbamates (subject to hydrolysis) is 1. The third-order valence-electron chi connectivity index (χ3n) is 7.78. The Hall–Kier alpha value is -2.59. The highest BCUT2D eigenvalue weighted by Gasteiger charge is 2.25. The third-order valence-corrected chi connectivity index (χ3v) is 7.78. The summed E-state index contributed by atoms with van der Waals surface area (Å²) in [6, 6.07) is 0. The molecule has 1 aliphatic carbocycles. The largest absolute Gasteiger partial charge is 0.465 e. The summed E-state index contributed by atoms with van der Waals surface area (Å²) >= 11 is 0. The molecule has 40 heavy (non-hydrogen) atoms. The van der Waals surface area contributed by atoms with Crippen LogP contribution in [0.2, 0.25) is 0 Å². The molecule has 0 saturated heterocycles. The molecule has 2 atom stereocenters. The number of amides is 1. The van der Waals surface area contributed by atoms with Gasteiger partial charge in [-0.1, -0.05) is 48.0 Å². The van der Waals surface area contributed by atoms with E-state index in [4.69, 9.17) is 19.5 Å². The average molecular weight is 564 g/mol. The molecule has 0 aromatic heterocycles. The Balaban J connectivity index is 2.12. The van der Waals surface area contributed by atoms with Crippen LogP contribution in [0.25, 0.3) is 0 Å². The smallest absolute Gasteiger partial charge is 0.407 e. The van der Waals surface area contributed by atoms with Crippen LogP contribution in [0.5, 0.6) is 0 Å². The van der Waals surface area contributed by atoms with E-state index in [2.05, 4.69) is 51.9 Å². The number of ether oxygens (including phenoxy) is 3. The number of rotatable bonds is 19. The predicted octanol–water partition coefficient (Wildman–Crippen LogP) is 6.56. The molecule has 1 saturated carbocycles. The zero-order chi connectivity index (χ0) is 30.0. The summed E-state index contributed by atoms with van der Waals surface area (Å²) in [5, 5.41) is 11.4. The lowest BCUT2D eigenvalue weighted by Crippen LogP contribution is -2.30. The van der Waals surface area contributed by atoms with Gasteiger partial charge >= 0.3 is 12.1 Å². The predicted molar refractivity (Wildman–Crippen MR) is 154 cm³/mol. The molecule has 0 spiro atoms. The molecule has 0 radical (unpaired) electrons. The number of carbonyl (C=O) groups is 2. The third kappa shape index (κ3) is 17.2. The Bertz CT molecular complexity index is 838. The van der Waals surface area contributed by atoms with Gasteiger partial charge < -0.3 is 19.5 Å². The van der Waals surface area contributed by atoms with Crippen molar-refractivity contribution in [1.29, 1.82) is 5.26 Å². The summed E-state index contributed by atoms with van der Waals surface area (Å²) in [7, 11) is 0. The van der Waals surface area contributed by atoms with Gasteiger partial charge in [0, 0.05) is 18.4 Å². The first-order valence-electron chi connectivity index (χ1n) is 15.0. The minimum atomic E-state index is -0.374. The molecule has 1 rings (SSSR count). The molecule has 0 heterocycles. The second kappa shape index (κ2) is 18.7. The molecular formula is C31H53N3O6. The quantitative estimate of drug-likeness (QED) is 0.0816. The number of isocyanates is 1. The van der Waals surface area contributed by atoms with Crippen LogP contribution >= 0.6 is 0 Å². The van der Waals surface area contributed by atoms with Crippen molar-refractivity contribution in [2.75, 3.05) is 32.9 Å². The molecular weight excluding hydrogens is 510 g/mol. The van der Waals surface area contributed by atoms with Crippen molar-refractivity contribution in [3.05, 3.63) is 0 Å². The molecule has 0 bridgehead atoms. The van der Waals surface area contributed by atoms with E-state index in [-0.39, 0.29) is 22.9 Å². The lowest BCUT2D eigenvalue weighted by Gasteiger charge is -2.28. The molecule has 9 nitrogen and oxygen atoms in total. The van der Waals surface area contributed by atoms with Crippen molar-refractivity contribution in [1.82, 2.24) is 5.32 Å². The Morgan fingerprint density at radius 3 is 2.12 bits per heavy atom. The summed E-state index contributed by atoms with van der Waals surface area (Å²) in [5.74, 6) is 1.42. The van der Waals surface area contributed by atoms with Crippen LogP contribution in [0, 0.1) is 46.0 Å². The van der Waals surface area contributed by atoms with E-state index in [1.54, 1.807) is 12.3 Å². The summed E-state index contributed by atoms with van der Waals surface area (Å²) in [5.41, 5.74) is -0.129. The van der Waals surface area contributed by atoms with Crippen molar-refractivity contribution in [3.63, 3.8) is 0 Å². The van der Waals surface area contributed by atoms with Gasteiger partial charge in [-0.25, -0.2) is 14.6 Å². The number of nitriles is 1.